The summed E-state index contributed by atoms with van der Waals surface area (Å²) in [6.07, 6.45) is -4.71. The molecule has 1 aromatic rings. The van der Waals surface area contributed by atoms with Gasteiger partial charge in [-0.2, -0.15) is 13.2 Å². The van der Waals surface area contributed by atoms with Crippen molar-refractivity contribution in [2.45, 2.75) is 12.6 Å². The summed E-state index contributed by atoms with van der Waals surface area (Å²) in [5.74, 6) is -0.694. The number of Topliss-reactive ketones (excluding diaryl/α,β-unsaturated/α-hetero) is 1. The lowest BCUT2D eigenvalue weighted by molar-refractivity contribution is -0.138. The zero-order chi connectivity index (χ0) is 11.5. The van der Waals surface area contributed by atoms with Crippen LogP contribution >= 0.6 is 11.6 Å². The van der Waals surface area contributed by atoms with Crippen molar-refractivity contribution >= 4 is 17.4 Å². The molecule has 0 bridgehead atoms. The number of carbonyl (C=O) groups excluding carboxylic acids is 1. The van der Waals surface area contributed by atoms with Crippen LogP contribution in [0, 0.1) is 0 Å². The number of rotatable bonds is 3. The number of alkyl halides is 4. The fourth-order valence-corrected chi connectivity index (χ4v) is 1.31. The molecule has 0 amide bonds. The summed E-state index contributed by atoms with van der Waals surface area (Å²) < 4.78 is 37.4. The molecule has 15 heavy (non-hydrogen) atoms. The van der Waals surface area contributed by atoms with Gasteiger partial charge in [-0.1, -0.05) is 18.2 Å². The van der Waals surface area contributed by atoms with Crippen LogP contribution in [-0.4, -0.2) is 11.7 Å². The Morgan fingerprint density at radius 2 is 1.87 bits per heavy atom. The van der Waals surface area contributed by atoms with Crippen LogP contribution < -0.4 is 0 Å². The summed E-state index contributed by atoms with van der Waals surface area (Å²) in [4.78, 5) is 11.0. The molecule has 1 aromatic carbocycles. The molecule has 0 aliphatic rings. The largest absolute Gasteiger partial charge is 0.416 e. The average Bonchev–Trinajstić information content (AvgIpc) is 2.17. The highest BCUT2D eigenvalue weighted by molar-refractivity contribution is 6.27. The van der Waals surface area contributed by atoms with Crippen molar-refractivity contribution in [2.75, 3.05) is 5.88 Å². The van der Waals surface area contributed by atoms with Gasteiger partial charge in [0.2, 0.25) is 0 Å². The molecule has 82 valence electrons. The minimum atomic E-state index is -4.43. The van der Waals surface area contributed by atoms with E-state index in [0.717, 1.165) is 6.07 Å². The van der Waals surface area contributed by atoms with Crippen LogP contribution in [0.15, 0.2) is 24.3 Å². The average molecular weight is 237 g/mol. The maximum atomic E-state index is 12.5. The van der Waals surface area contributed by atoms with Crippen molar-refractivity contribution in [1.82, 2.24) is 0 Å². The maximum absolute atomic E-state index is 12.5. The van der Waals surface area contributed by atoms with Gasteiger partial charge in [-0.3, -0.25) is 4.79 Å². The van der Waals surface area contributed by atoms with Gasteiger partial charge >= 0.3 is 6.18 Å². The summed E-state index contributed by atoms with van der Waals surface area (Å²) >= 11 is 5.24. The highest BCUT2D eigenvalue weighted by Gasteiger charge is 2.33. The van der Waals surface area contributed by atoms with Gasteiger partial charge in [0, 0.05) is 6.42 Å². The summed E-state index contributed by atoms with van der Waals surface area (Å²) in [5.41, 5.74) is -0.806. The standard InChI is InChI=1S/C10H8ClF3O/c11-6-8(15)5-7-3-1-2-4-9(7)10(12,13)14/h1-4H,5-6H2. The second-order valence-corrected chi connectivity index (χ2v) is 3.27. The highest BCUT2D eigenvalue weighted by atomic mass is 35.5. The van der Waals surface area contributed by atoms with E-state index in [2.05, 4.69) is 0 Å². The summed E-state index contributed by atoms with van der Waals surface area (Å²) in [6, 6.07) is 4.99. The molecule has 0 aromatic heterocycles. The molecule has 0 heterocycles. The Morgan fingerprint density at radius 3 is 2.40 bits per heavy atom. The molecule has 0 N–H and O–H groups in total. The molecule has 0 aliphatic carbocycles. The van der Waals surface area contributed by atoms with Crippen LogP contribution in [0.1, 0.15) is 11.1 Å². The van der Waals surface area contributed by atoms with Crippen molar-refractivity contribution in [3.8, 4) is 0 Å². The molecule has 0 atom stereocenters. The van der Waals surface area contributed by atoms with Crippen molar-refractivity contribution in [1.29, 1.82) is 0 Å². The fourth-order valence-electron chi connectivity index (χ4n) is 1.21. The monoisotopic (exact) mass is 236 g/mol. The molecule has 1 nitrogen and oxygen atoms in total. The number of carbonyl (C=O) groups is 1. The number of benzene rings is 1. The molecule has 0 saturated carbocycles. The topological polar surface area (TPSA) is 17.1 Å². The van der Waals surface area contributed by atoms with E-state index in [4.69, 9.17) is 11.6 Å². The summed E-state index contributed by atoms with van der Waals surface area (Å²) in [6.45, 7) is 0. The summed E-state index contributed by atoms with van der Waals surface area (Å²) in [7, 11) is 0. The van der Waals surface area contributed by atoms with Gasteiger partial charge in [0.15, 0.2) is 5.78 Å². The minimum Gasteiger partial charge on any atom is -0.298 e. The van der Waals surface area contributed by atoms with Crippen LogP contribution in [0.4, 0.5) is 13.2 Å². The maximum Gasteiger partial charge on any atom is 0.416 e. The Hall–Kier alpha value is -1.03. The molecule has 0 saturated heterocycles. The van der Waals surface area contributed by atoms with Gasteiger partial charge < -0.3 is 0 Å². The third-order valence-electron chi connectivity index (χ3n) is 1.86. The molecule has 1 rings (SSSR count). The second-order valence-electron chi connectivity index (χ2n) is 3.00. The predicted molar refractivity (Wildman–Crippen MR) is 50.9 cm³/mol. The molecule has 0 radical (unpaired) electrons. The molecule has 0 aliphatic heterocycles. The van der Waals surface area contributed by atoms with Crippen LogP contribution in [0.2, 0.25) is 0 Å². The zero-order valence-corrected chi connectivity index (χ0v) is 8.40. The van der Waals surface area contributed by atoms with Gasteiger partial charge in [0.25, 0.3) is 0 Å². The lowest BCUT2D eigenvalue weighted by atomic mass is 10.0. The van der Waals surface area contributed by atoms with E-state index in [1.165, 1.54) is 18.2 Å². The molecule has 5 heteroatoms. The smallest absolute Gasteiger partial charge is 0.298 e. The lowest BCUT2D eigenvalue weighted by Gasteiger charge is -2.11. The third-order valence-corrected chi connectivity index (χ3v) is 2.16. The van der Waals surface area contributed by atoms with Gasteiger partial charge in [0.05, 0.1) is 11.4 Å². The highest BCUT2D eigenvalue weighted by Crippen LogP contribution is 2.32. The van der Waals surface area contributed by atoms with Gasteiger partial charge in [-0.05, 0) is 11.6 Å². The fraction of sp³-hybridized carbons (Fsp3) is 0.300. The summed E-state index contributed by atoms with van der Waals surface area (Å²) in [5, 5.41) is 0. The van der Waals surface area contributed by atoms with E-state index in [9.17, 15) is 18.0 Å². The van der Waals surface area contributed by atoms with Gasteiger partial charge in [-0.15, -0.1) is 11.6 Å². The van der Waals surface area contributed by atoms with E-state index < -0.39 is 17.5 Å². The van der Waals surface area contributed by atoms with Crippen LogP contribution in [-0.2, 0) is 17.4 Å². The minimum absolute atomic E-state index is 0.0318. The quantitative estimate of drug-likeness (QED) is 0.738. The van der Waals surface area contributed by atoms with Gasteiger partial charge in [-0.25, -0.2) is 0 Å². The second kappa shape index (κ2) is 4.66. The number of ketones is 1. The number of hydrogen-bond donors (Lipinski definition) is 0. The van der Waals surface area contributed by atoms with Crippen molar-refractivity contribution in [3.05, 3.63) is 35.4 Å². The van der Waals surface area contributed by atoms with Gasteiger partial charge in [0.1, 0.15) is 0 Å². The Bertz CT molecular complexity index is 360. The van der Waals surface area contributed by atoms with E-state index >= 15 is 0 Å². The number of hydrogen-bond acceptors (Lipinski definition) is 1. The van der Waals surface area contributed by atoms with E-state index in [0.29, 0.717) is 0 Å². The van der Waals surface area contributed by atoms with E-state index in [-0.39, 0.29) is 17.9 Å². The predicted octanol–water partition coefficient (Wildman–Crippen LogP) is 3.06. The van der Waals surface area contributed by atoms with Crippen molar-refractivity contribution < 1.29 is 18.0 Å². The SMILES string of the molecule is O=C(CCl)Cc1ccccc1C(F)(F)F. The van der Waals surface area contributed by atoms with Crippen molar-refractivity contribution in [3.63, 3.8) is 0 Å². The first kappa shape index (κ1) is 12.0. The first-order valence-corrected chi connectivity index (χ1v) is 4.71. The van der Waals surface area contributed by atoms with Crippen LogP contribution in [0.5, 0.6) is 0 Å². The Kier molecular flexibility index (Phi) is 3.74. The Labute approximate surface area is 89.9 Å². The molecule has 0 fully saturated rings. The molecule has 0 spiro atoms. The van der Waals surface area contributed by atoms with E-state index in [1.54, 1.807) is 0 Å². The first-order chi connectivity index (χ1) is 6.95. The molecule has 0 unspecified atom stereocenters. The zero-order valence-electron chi connectivity index (χ0n) is 7.64. The normalized spacial score (nSPS) is 11.5. The van der Waals surface area contributed by atoms with Crippen molar-refractivity contribution in [2.24, 2.45) is 0 Å². The number of halogens is 4. The first-order valence-electron chi connectivity index (χ1n) is 4.18. The van der Waals surface area contributed by atoms with E-state index in [1.807, 2.05) is 0 Å². The van der Waals surface area contributed by atoms with Crippen LogP contribution in [0.3, 0.4) is 0 Å². The lowest BCUT2D eigenvalue weighted by Crippen LogP contribution is -2.12. The van der Waals surface area contributed by atoms with Crippen LogP contribution in [0.25, 0.3) is 0 Å². The Balaban J connectivity index is 3.02. The molecular weight excluding hydrogens is 229 g/mol. The molecular formula is C10H8ClF3O. The Morgan fingerprint density at radius 1 is 1.27 bits per heavy atom. The third kappa shape index (κ3) is 3.23.